The number of aromatic nitrogens is 3. The van der Waals surface area contributed by atoms with E-state index >= 15 is 0 Å². The molecule has 164 valence electrons. The highest BCUT2D eigenvalue weighted by molar-refractivity contribution is 6.29. The zero-order chi connectivity index (χ0) is 22.0. The Morgan fingerprint density at radius 2 is 1.87 bits per heavy atom. The number of pyridine rings is 1. The van der Waals surface area contributed by atoms with Gasteiger partial charge in [0.1, 0.15) is 16.5 Å². The zero-order valence-electron chi connectivity index (χ0n) is 18.3. The average molecular weight is 441 g/mol. The molecule has 0 amide bonds. The predicted octanol–water partition coefficient (Wildman–Crippen LogP) is 5.28. The number of benzene rings is 1. The van der Waals surface area contributed by atoms with Gasteiger partial charge >= 0.3 is 5.97 Å². The van der Waals surface area contributed by atoms with Crippen molar-refractivity contribution < 1.29 is 9.53 Å². The van der Waals surface area contributed by atoms with Crippen LogP contribution in [0, 0.1) is 19.8 Å². The summed E-state index contributed by atoms with van der Waals surface area (Å²) in [6.45, 7) is 7.02. The van der Waals surface area contributed by atoms with Crippen molar-refractivity contribution in [3.63, 3.8) is 0 Å². The van der Waals surface area contributed by atoms with Gasteiger partial charge in [-0.2, -0.15) is 0 Å². The van der Waals surface area contributed by atoms with Gasteiger partial charge < -0.3 is 14.6 Å². The van der Waals surface area contributed by atoms with Crippen molar-refractivity contribution in [1.82, 2.24) is 14.5 Å². The number of ether oxygens (including phenoxy) is 1. The lowest BCUT2D eigenvalue weighted by Crippen LogP contribution is -2.30. The molecule has 1 aromatic carbocycles. The van der Waals surface area contributed by atoms with E-state index in [4.69, 9.17) is 16.3 Å². The van der Waals surface area contributed by atoms with E-state index in [1.807, 2.05) is 26.8 Å². The maximum absolute atomic E-state index is 11.9. The van der Waals surface area contributed by atoms with Crippen LogP contribution in [-0.2, 0) is 16.1 Å². The maximum Gasteiger partial charge on any atom is 0.308 e. The highest BCUT2D eigenvalue weighted by Gasteiger charge is 2.27. The van der Waals surface area contributed by atoms with Gasteiger partial charge in [-0.3, -0.25) is 4.79 Å². The number of hydrogen-bond acceptors (Lipinski definition) is 5. The normalized spacial score (nSPS) is 18.8. The standard InChI is InChI=1S/C24H29ClN4O2/c1-4-31-24(30)18-7-11-20(12-8-18)27-19-9-5-17(6-10-19)14-29-16(3)26-22-15(2)13-21(25)28-23(22)29/h5-6,9-10,13,18,20,27H,4,7-8,11-12,14H2,1-3H3/t18-,20-. The van der Waals surface area contributed by atoms with Crippen molar-refractivity contribution in [3.05, 3.63) is 52.4 Å². The van der Waals surface area contributed by atoms with Crippen LogP contribution in [0.1, 0.15) is 49.6 Å². The van der Waals surface area contributed by atoms with Crippen molar-refractivity contribution in [2.24, 2.45) is 5.92 Å². The summed E-state index contributed by atoms with van der Waals surface area (Å²) in [5, 5.41) is 4.10. The van der Waals surface area contributed by atoms with Crippen LogP contribution in [0.5, 0.6) is 0 Å². The second-order valence-corrected chi connectivity index (χ2v) is 8.71. The molecule has 0 atom stereocenters. The number of hydrogen-bond donors (Lipinski definition) is 1. The van der Waals surface area contributed by atoms with Gasteiger partial charge in [-0.05, 0) is 75.8 Å². The number of carbonyl (C=O) groups excluding carboxylic acids is 1. The zero-order valence-corrected chi connectivity index (χ0v) is 19.1. The summed E-state index contributed by atoms with van der Waals surface area (Å²) in [5.41, 5.74) is 5.04. The van der Waals surface area contributed by atoms with Crippen molar-refractivity contribution in [2.75, 3.05) is 11.9 Å². The number of halogens is 1. The molecule has 3 aromatic rings. The number of imidazole rings is 1. The smallest absolute Gasteiger partial charge is 0.308 e. The summed E-state index contributed by atoms with van der Waals surface area (Å²) in [7, 11) is 0. The minimum Gasteiger partial charge on any atom is -0.466 e. The van der Waals surface area contributed by atoms with Crippen LogP contribution in [0.3, 0.4) is 0 Å². The third-order valence-corrected chi connectivity index (χ3v) is 6.26. The van der Waals surface area contributed by atoms with Gasteiger partial charge in [-0.25, -0.2) is 9.97 Å². The fourth-order valence-corrected chi connectivity index (χ4v) is 4.60. The highest BCUT2D eigenvalue weighted by atomic mass is 35.5. The molecule has 1 N–H and O–H groups in total. The van der Waals surface area contributed by atoms with Crippen LogP contribution in [0.15, 0.2) is 30.3 Å². The SMILES string of the molecule is CCOC(=O)[C@H]1CC[C@H](Nc2ccc(Cn3c(C)nc4c(C)cc(Cl)nc43)cc2)CC1. The number of esters is 1. The number of rotatable bonds is 6. The Hall–Kier alpha value is -2.60. The molecule has 1 saturated carbocycles. The van der Waals surface area contributed by atoms with E-state index in [0.29, 0.717) is 24.3 Å². The first-order chi connectivity index (χ1) is 14.9. The molecule has 2 heterocycles. The molecule has 31 heavy (non-hydrogen) atoms. The largest absolute Gasteiger partial charge is 0.466 e. The quantitative estimate of drug-likeness (QED) is 0.417. The lowest BCUT2D eigenvalue weighted by Gasteiger charge is -2.28. The second kappa shape index (κ2) is 9.27. The molecule has 0 unspecified atom stereocenters. The first kappa shape index (κ1) is 21.6. The average Bonchev–Trinajstić information content (AvgIpc) is 3.06. The number of nitrogens with zero attached hydrogens (tertiary/aromatic N) is 3. The van der Waals surface area contributed by atoms with Crippen molar-refractivity contribution in [3.8, 4) is 0 Å². The van der Waals surface area contributed by atoms with Crippen molar-refractivity contribution >= 4 is 34.4 Å². The summed E-state index contributed by atoms with van der Waals surface area (Å²) in [6.07, 6.45) is 3.74. The van der Waals surface area contributed by atoms with Gasteiger partial charge in [-0.15, -0.1) is 0 Å². The number of carbonyl (C=O) groups is 1. The minimum absolute atomic E-state index is 0.0430. The molecule has 0 bridgehead atoms. The molecule has 0 spiro atoms. The lowest BCUT2D eigenvalue weighted by atomic mass is 9.86. The Bertz CT molecular complexity index is 1070. The molecule has 7 heteroatoms. The Morgan fingerprint density at radius 1 is 1.16 bits per heavy atom. The molecule has 0 radical (unpaired) electrons. The van der Waals surface area contributed by atoms with Crippen molar-refractivity contribution in [1.29, 1.82) is 0 Å². The van der Waals surface area contributed by atoms with E-state index < -0.39 is 0 Å². The number of fused-ring (bicyclic) bond motifs is 1. The van der Waals surface area contributed by atoms with E-state index in [1.54, 1.807) is 0 Å². The molecular weight excluding hydrogens is 412 g/mol. The third kappa shape index (κ3) is 4.85. The molecular formula is C24H29ClN4O2. The molecule has 6 nitrogen and oxygen atoms in total. The van der Waals surface area contributed by atoms with E-state index in [-0.39, 0.29) is 11.9 Å². The number of anilines is 1. The first-order valence-corrected chi connectivity index (χ1v) is 11.3. The van der Waals surface area contributed by atoms with E-state index in [1.165, 1.54) is 5.56 Å². The van der Waals surface area contributed by atoms with Gasteiger partial charge in [0.2, 0.25) is 0 Å². The Morgan fingerprint density at radius 3 is 2.55 bits per heavy atom. The number of nitrogens with one attached hydrogen (secondary N) is 1. The maximum atomic E-state index is 11.9. The van der Waals surface area contributed by atoms with Gasteiger partial charge in [0, 0.05) is 11.7 Å². The van der Waals surface area contributed by atoms with Crippen molar-refractivity contribution in [2.45, 2.75) is 59.0 Å². The molecule has 2 aromatic heterocycles. The van der Waals surface area contributed by atoms with Crippen LogP contribution in [-0.4, -0.2) is 33.2 Å². The van der Waals surface area contributed by atoms with Gasteiger partial charge in [0.15, 0.2) is 5.65 Å². The predicted molar refractivity (Wildman–Crippen MR) is 124 cm³/mol. The molecule has 1 aliphatic rings. The first-order valence-electron chi connectivity index (χ1n) is 11.0. The summed E-state index contributed by atoms with van der Waals surface area (Å²) in [6, 6.07) is 10.7. The van der Waals surface area contributed by atoms with Crippen LogP contribution in [0.4, 0.5) is 5.69 Å². The fraction of sp³-hybridized carbons (Fsp3) is 0.458. The summed E-state index contributed by atoms with van der Waals surface area (Å²) < 4.78 is 7.27. The molecule has 1 fully saturated rings. The van der Waals surface area contributed by atoms with Gasteiger partial charge in [0.25, 0.3) is 0 Å². The second-order valence-electron chi connectivity index (χ2n) is 8.32. The van der Waals surface area contributed by atoms with Crippen LogP contribution < -0.4 is 5.32 Å². The van der Waals surface area contributed by atoms with Crippen LogP contribution in [0.25, 0.3) is 11.2 Å². The van der Waals surface area contributed by atoms with E-state index in [0.717, 1.165) is 53.9 Å². The third-order valence-electron chi connectivity index (χ3n) is 6.07. The number of aryl methyl sites for hydroxylation is 2. The Kier molecular flexibility index (Phi) is 6.46. The highest BCUT2D eigenvalue weighted by Crippen LogP contribution is 2.28. The van der Waals surface area contributed by atoms with E-state index in [9.17, 15) is 4.79 Å². The van der Waals surface area contributed by atoms with Crippen LogP contribution in [0.2, 0.25) is 5.15 Å². The topological polar surface area (TPSA) is 69.0 Å². The Labute approximate surface area is 188 Å². The molecule has 0 saturated heterocycles. The lowest BCUT2D eigenvalue weighted by molar-refractivity contribution is -0.149. The molecule has 0 aliphatic heterocycles. The van der Waals surface area contributed by atoms with Crippen LogP contribution >= 0.6 is 11.6 Å². The summed E-state index contributed by atoms with van der Waals surface area (Å²) >= 11 is 6.18. The Balaban J connectivity index is 1.39. The monoisotopic (exact) mass is 440 g/mol. The summed E-state index contributed by atoms with van der Waals surface area (Å²) in [4.78, 5) is 21.1. The molecule has 4 rings (SSSR count). The van der Waals surface area contributed by atoms with E-state index in [2.05, 4.69) is 44.1 Å². The molecule has 1 aliphatic carbocycles. The fourth-order valence-electron chi connectivity index (χ4n) is 4.36. The minimum atomic E-state index is -0.0430. The van der Waals surface area contributed by atoms with Gasteiger partial charge in [-0.1, -0.05) is 23.7 Å². The van der Waals surface area contributed by atoms with Gasteiger partial charge in [0.05, 0.1) is 19.1 Å². The summed E-state index contributed by atoms with van der Waals surface area (Å²) in [5.74, 6) is 0.936.